The molecule has 0 unspecified atom stereocenters. The van der Waals surface area contributed by atoms with E-state index >= 15 is 0 Å². The lowest BCUT2D eigenvalue weighted by atomic mass is 9.49. The minimum atomic E-state index is 0.530. The molecular formula is C21H30N2S. The second kappa shape index (κ2) is 6.33. The summed E-state index contributed by atoms with van der Waals surface area (Å²) in [7, 11) is 0. The largest absolute Gasteiger partial charge is 0.362 e. The number of rotatable bonds is 4. The van der Waals surface area contributed by atoms with Crippen LogP contribution in [0, 0.1) is 23.2 Å². The van der Waals surface area contributed by atoms with Crippen LogP contribution in [-0.4, -0.2) is 11.7 Å². The summed E-state index contributed by atoms with van der Waals surface area (Å²) in [6, 6.07) is 8.64. The van der Waals surface area contributed by atoms with Crippen molar-refractivity contribution in [1.82, 2.24) is 5.32 Å². The van der Waals surface area contributed by atoms with E-state index in [2.05, 4.69) is 48.7 Å². The molecule has 2 nitrogen and oxygen atoms in total. The second-order valence-electron chi connectivity index (χ2n) is 9.00. The molecule has 0 aromatic heterocycles. The summed E-state index contributed by atoms with van der Waals surface area (Å²) < 4.78 is 0. The number of hydrogen-bond acceptors (Lipinski definition) is 1. The van der Waals surface area contributed by atoms with Crippen molar-refractivity contribution in [1.29, 1.82) is 0 Å². The van der Waals surface area contributed by atoms with Gasteiger partial charge in [-0.1, -0.05) is 26.0 Å². The molecule has 24 heavy (non-hydrogen) atoms. The molecule has 4 aliphatic rings. The van der Waals surface area contributed by atoms with Crippen LogP contribution in [0.25, 0.3) is 0 Å². The Kier molecular flexibility index (Phi) is 4.32. The van der Waals surface area contributed by atoms with E-state index < -0.39 is 0 Å². The van der Waals surface area contributed by atoms with Gasteiger partial charge in [0, 0.05) is 12.2 Å². The van der Waals surface area contributed by atoms with Crippen LogP contribution >= 0.6 is 12.2 Å². The van der Waals surface area contributed by atoms with Crippen LogP contribution < -0.4 is 10.6 Å². The Labute approximate surface area is 151 Å². The Hall–Kier alpha value is -1.09. The van der Waals surface area contributed by atoms with Crippen LogP contribution in [0.5, 0.6) is 0 Å². The first-order chi connectivity index (χ1) is 11.5. The zero-order valence-electron chi connectivity index (χ0n) is 15.0. The maximum absolute atomic E-state index is 5.55. The molecule has 4 saturated carbocycles. The van der Waals surface area contributed by atoms with Gasteiger partial charge in [-0.25, -0.2) is 0 Å². The van der Waals surface area contributed by atoms with E-state index in [1.54, 1.807) is 0 Å². The van der Waals surface area contributed by atoms with E-state index in [9.17, 15) is 0 Å². The average Bonchev–Trinajstić information content (AvgIpc) is 2.52. The lowest BCUT2D eigenvalue weighted by Crippen LogP contribution is -2.51. The smallest absolute Gasteiger partial charge is 0.170 e. The molecule has 0 amide bonds. The SMILES string of the molecule is CC(C)c1ccc(NC(=S)NCC23CC4CC(CC(C4)C2)C3)cc1. The Bertz CT molecular complexity index is 569. The maximum Gasteiger partial charge on any atom is 0.170 e. The van der Waals surface area contributed by atoms with Crippen molar-refractivity contribution in [2.24, 2.45) is 23.2 Å². The molecule has 1 aromatic carbocycles. The van der Waals surface area contributed by atoms with Gasteiger partial charge >= 0.3 is 0 Å². The first-order valence-electron chi connectivity index (χ1n) is 9.66. The van der Waals surface area contributed by atoms with Crippen LogP contribution in [0.1, 0.15) is 63.9 Å². The lowest BCUT2D eigenvalue weighted by Gasteiger charge is -2.57. The third kappa shape index (κ3) is 3.33. The van der Waals surface area contributed by atoms with E-state index in [4.69, 9.17) is 12.2 Å². The summed E-state index contributed by atoms with van der Waals surface area (Å²) >= 11 is 5.55. The van der Waals surface area contributed by atoms with Crippen molar-refractivity contribution in [3.8, 4) is 0 Å². The van der Waals surface area contributed by atoms with Crippen molar-refractivity contribution >= 4 is 23.0 Å². The molecule has 4 bridgehead atoms. The molecular weight excluding hydrogens is 312 g/mol. The highest BCUT2D eigenvalue weighted by atomic mass is 32.1. The molecule has 0 saturated heterocycles. The molecule has 4 fully saturated rings. The van der Waals surface area contributed by atoms with E-state index in [0.29, 0.717) is 11.3 Å². The predicted octanol–water partition coefficient (Wildman–Crippen LogP) is 5.31. The van der Waals surface area contributed by atoms with E-state index in [1.807, 2.05) is 0 Å². The summed E-state index contributed by atoms with van der Waals surface area (Å²) in [6.45, 7) is 5.51. The topological polar surface area (TPSA) is 24.1 Å². The van der Waals surface area contributed by atoms with Gasteiger partial charge in [-0.2, -0.15) is 0 Å². The van der Waals surface area contributed by atoms with Crippen molar-refractivity contribution in [2.75, 3.05) is 11.9 Å². The second-order valence-corrected chi connectivity index (χ2v) is 9.41. The summed E-state index contributed by atoms with van der Waals surface area (Å²) in [5.41, 5.74) is 2.98. The van der Waals surface area contributed by atoms with Gasteiger partial charge in [0.1, 0.15) is 0 Å². The number of anilines is 1. The molecule has 0 radical (unpaired) electrons. The van der Waals surface area contributed by atoms with Gasteiger partial charge < -0.3 is 10.6 Å². The minimum absolute atomic E-state index is 0.530. The Morgan fingerprint density at radius 1 is 1.04 bits per heavy atom. The van der Waals surface area contributed by atoms with E-state index in [-0.39, 0.29) is 0 Å². The number of benzene rings is 1. The normalized spacial score (nSPS) is 33.7. The molecule has 4 aliphatic carbocycles. The van der Waals surface area contributed by atoms with Gasteiger partial charge in [0.2, 0.25) is 0 Å². The first-order valence-corrected chi connectivity index (χ1v) is 10.1. The van der Waals surface area contributed by atoms with E-state index in [0.717, 1.165) is 35.1 Å². The molecule has 2 N–H and O–H groups in total. The highest BCUT2D eigenvalue weighted by Gasteiger charge is 2.50. The first kappa shape index (κ1) is 16.4. The highest BCUT2D eigenvalue weighted by molar-refractivity contribution is 7.80. The van der Waals surface area contributed by atoms with Crippen LogP contribution in [0.15, 0.2) is 24.3 Å². The highest BCUT2D eigenvalue weighted by Crippen LogP contribution is 2.59. The fraction of sp³-hybridized carbons (Fsp3) is 0.667. The summed E-state index contributed by atoms with van der Waals surface area (Å²) in [5.74, 6) is 3.58. The van der Waals surface area contributed by atoms with Gasteiger partial charge in [-0.05, 0) is 97.5 Å². The summed E-state index contributed by atoms with van der Waals surface area (Å²) in [4.78, 5) is 0. The number of hydrogen-bond donors (Lipinski definition) is 2. The molecule has 0 aliphatic heterocycles. The number of nitrogens with one attached hydrogen (secondary N) is 2. The third-order valence-corrected chi connectivity index (χ3v) is 6.87. The van der Waals surface area contributed by atoms with Crippen LogP contribution in [0.4, 0.5) is 5.69 Å². The van der Waals surface area contributed by atoms with Gasteiger partial charge in [0.25, 0.3) is 0 Å². The fourth-order valence-electron chi connectivity index (χ4n) is 5.90. The van der Waals surface area contributed by atoms with Crippen molar-refractivity contribution in [3.05, 3.63) is 29.8 Å². The standard InChI is InChI=1S/C21H30N2S/c1-14(2)18-3-5-19(6-4-18)23-20(24)22-13-21-10-15-7-16(11-21)9-17(8-15)12-21/h3-6,14-17H,7-13H2,1-2H3,(H2,22,23,24). The molecule has 130 valence electrons. The van der Waals surface area contributed by atoms with Crippen molar-refractivity contribution in [2.45, 2.75) is 58.3 Å². The molecule has 3 heteroatoms. The van der Waals surface area contributed by atoms with Gasteiger partial charge in [-0.15, -0.1) is 0 Å². The van der Waals surface area contributed by atoms with Crippen LogP contribution in [0.3, 0.4) is 0 Å². The van der Waals surface area contributed by atoms with E-state index in [1.165, 1.54) is 44.1 Å². The van der Waals surface area contributed by atoms with Crippen LogP contribution in [0.2, 0.25) is 0 Å². The zero-order chi connectivity index (χ0) is 16.7. The van der Waals surface area contributed by atoms with Gasteiger partial charge in [0.15, 0.2) is 5.11 Å². The Morgan fingerprint density at radius 2 is 1.58 bits per heavy atom. The van der Waals surface area contributed by atoms with Crippen molar-refractivity contribution < 1.29 is 0 Å². The third-order valence-electron chi connectivity index (χ3n) is 6.62. The molecule has 1 aromatic rings. The minimum Gasteiger partial charge on any atom is -0.362 e. The van der Waals surface area contributed by atoms with Crippen molar-refractivity contribution in [3.63, 3.8) is 0 Å². The van der Waals surface area contributed by atoms with Gasteiger partial charge in [-0.3, -0.25) is 0 Å². The molecule has 0 heterocycles. The summed E-state index contributed by atoms with van der Waals surface area (Å²) in [6.07, 6.45) is 8.80. The van der Waals surface area contributed by atoms with Crippen LogP contribution in [-0.2, 0) is 0 Å². The average molecular weight is 343 g/mol. The molecule has 0 atom stereocenters. The fourth-order valence-corrected chi connectivity index (χ4v) is 6.09. The predicted molar refractivity (Wildman–Crippen MR) is 105 cm³/mol. The number of thiocarbonyl (C=S) groups is 1. The maximum atomic E-state index is 5.55. The quantitative estimate of drug-likeness (QED) is 0.725. The monoisotopic (exact) mass is 342 g/mol. The lowest BCUT2D eigenvalue weighted by molar-refractivity contribution is -0.0490. The summed E-state index contributed by atoms with van der Waals surface area (Å²) in [5, 5.41) is 7.69. The Morgan fingerprint density at radius 3 is 2.08 bits per heavy atom. The molecule has 5 rings (SSSR count). The zero-order valence-corrected chi connectivity index (χ0v) is 15.8. The van der Waals surface area contributed by atoms with Gasteiger partial charge in [0.05, 0.1) is 0 Å². The molecule has 0 spiro atoms. The Balaban J connectivity index is 1.32.